The van der Waals surface area contributed by atoms with E-state index in [1.807, 2.05) is 0 Å². The van der Waals surface area contributed by atoms with Crippen LogP contribution in [-0.4, -0.2) is 21.7 Å². The molecule has 3 heteroatoms. The Morgan fingerprint density at radius 2 is 1.75 bits per heavy atom. The van der Waals surface area contributed by atoms with Crippen LogP contribution in [0.5, 0.6) is 0 Å². The van der Waals surface area contributed by atoms with Gasteiger partial charge in [-0.05, 0) is 0 Å². The number of carbonyl (C=O) groups is 1. The van der Waals surface area contributed by atoms with Gasteiger partial charge in [0.25, 0.3) is 0 Å². The molecule has 0 amide bonds. The van der Waals surface area contributed by atoms with Gasteiger partial charge in [-0.1, -0.05) is 0 Å². The van der Waals surface area contributed by atoms with Crippen molar-refractivity contribution in [1.82, 2.24) is 0 Å². The van der Waals surface area contributed by atoms with Crippen molar-refractivity contribution < 1.29 is 9.90 Å². The van der Waals surface area contributed by atoms with E-state index in [0.29, 0.717) is 0 Å². The van der Waals surface area contributed by atoms with Crippen LogP contribution in [0.1, 0.15) is 13.8 Å². The summed E-state index contributed by atoms with van der Waals surface area (Å²) in [4.78, 5) is 8.25. The quantitative estimate of drug-likeness (QED) is 0.388. The minimum atomic E-state index is -0.500. The van der Waals surface area contributed by atoms with Crippen LogP contribution in [0.2, 0.25) is 10.6 Å². The molecule has 0 aromatic heterocycles. The molecule has 8 heavy (non-hydrogen) atoms. The first-order valence-electron chi connectivity index (χ1n) is 2.70. The van der Waals surface area contributed by atoms with Crippen molar-refractivity contribution in [3.8, 4) is 0 Å². The van der Waals surface area contributed by atoms with Crippen LogP contribution in [0.25, 0.3) is 0 Å². The van der Waals surface area contributed by atoms with Crippen molar-refractivity contribution in [2.45, 2.75) is 24.4 Å². The van der Waals surface area contributed by atoms with Gasteiger partial charge in [0, 0.05) is 6.47 Å². The molecule has 0 aromatic carbocycles. The molecule has 0 N–H and O–H groups in total. The Bertz CT molecular complexity index is 37.4. The maximum atomic E-state index is 8.25. The Morgan fingerprint density at radius 3 is 1.75 bits per heavy atom. The standard InChI is InChI=1S/2C2H5.CH2O2.Al/c2*1-2;2-1-3;/h2*1H2,2H3;1H,(H,2,3);/q;;;+1/p-1. The molecule has 0 rings (SSSR count). The van der Waals surface area contributed by atoms with E-state index in [1.165, 1.54) is 10.6 Å². The van der Waals surface area contributed by atoms with Gasteiger partial charge in [-0.3, -0.25) is 0 Å². The molecule has 0 spiro atoms. The van der Waals surface area contributed by atoms with Crippen molar-refractivity contribution in [1.29, 1.82) is 0 Å². The smallest absolute Gasteiger partial charge is 0.0275 e. The van der Waals surface area contributed by atoms with Gasteiger partial charge in [-0.25, -0.2) is 0 Å². The third kappa shape index (κ3) is 37.5. The Kier molecular flexibility index (Phi) is 21.4. The molecule has 0 saturated heterocycles. The summed E-state index contributed by atoms with van der Waals surface area (Å²) in [6.45, 7) is 4.00. The summed E-state index contributed by atoms with van der Waals surface area (Å²) in [5.41, 5.74) is 0. The fraction of sp³-hybridized carbons (Fsp3) is 0.800. The Morgan fingerprint density at radius 1 is 1.50 bits per heavy atom. The van der Waals surface area contributed by atoms with Crippen molar-refractivity contribution in [3.63, 3.8) is 0 Å². The van der Waals surface area contributed by atoms with Gasteiger partial charge in [0.1, 0.15) is 0 Å². The number of hydrogen-bond donors (Lipinski definition) is 0. The van der Waals surface area contributed by atoms with Gasteiger partial charge in [0.2, 0.25) is 0 Å². The van der Waals surface area contributed by atoms with Gasteiger partial charge in [0.15, 0.2) is 0 Å². The van der Waals surface area contributed by atoms with Crippen LogP contribution in [0.3, 0.4) is 0 Å². The summed E-state index contributed by atoms with van der Waals surface area (Å²) < 4.78 is 0. The van der Waals surface area contributed by atoms with E-state index >= 15 is 0 Å². The van der Waals surface area contributed by atoms with Crippen LogP contribution < -0.4 is 5.11 Å². The Hall–Kier alpha value is 0.00247. The van der Waals surface area contributed by atoms with Crippen LogP contribution in [-0.2, 0) is 4.79 Å². The number of hydrogen-bond acceptors (Lipinski definition) is 2. The zero-order valence-corrected chi connectivity index (χ0v) is 6.54. The molecule has 0 aliphatic rings. The predicted octanol–water partition coefficient (Wildman–Crippen LogP) is -0.0669. The van der Waals surface area contributed by atoms with Crippen LogP contribution in [0, 0.1) is 0 Å². The largest absolute Gasteiger partial charge is 0.554 e. The maximum absolute atomic E-state index is 8.25. The minimum absolute atomic E-state index is 0.500. The zero-order valence-electron chi connectivity index (χ0n) is 5.39. The van der Waals surface area contributed by atoms with E-state index in [0.717, 1.165) is 15.2 Å². The maximum Gasteiger partial charge on any atom is 0.0275 e. The molecule has 0 unspecified atom stereocenters. The van der Waals surface area contributed by atoms with Crippen molar-refractivity contribution in [2.75, 3.05) is 0 Å². The SMILES string of the molecule is C[CH2][Al+][CH2]C.O=C[O-]. The molecular formula is C5H11AlO2. The summed E-state index contributed by atoms with van der Waals surface area (Å²) in [6.07, 6.45) is 0. The fourth-order valence-corrected chi connectivity index (χ4v) is 0.866. The van der Waals surface area contributed by atoms with Crippen molar-refractivity contribution >= 4 is 21.7 Å². The molecular weight excluding hydrogens is 119 g/mol. The number of carbonyl (C=O) groups excluding carboxylic acids is 1. The van der Waals surface area contributed by atoms with Crippen LogP contribution in [0.15, 0.2) is 0 Å². The second-order valence-electron chi connectivity index (χ2n) is 1.20. The molecule has 0 aliphatic carbocycles. The number of rotatable bonds is 2. The Labute approximate surface area is 56.6 Å². The molecule has 0 atom stereocenters. The average Bonchev–Trinajstić information content (AvgIpc) is 1.71. The zero-order chi connectivity index (χ0) is 6.83. The van der Waals surface area contributed by atoms with E-state index in [2.05, 4.69) is 13.8 Å². The monoisotopic (exact) mass is 130 g/mol. The van der Waals surface area contributed by atoms with Gasteiger partial charge >= 0.3 is 39.6 Å². The summed E-state index contributed by atoms with van der Waals surface area (Å²) in [5.74, 6) is 0. The molecule has 0 heterocycles. The summed E-state index contributed by atoms with van der Waals surface area (Å²) in [6, 6.07) is 0. The van der Waals surface area contributed by atoms with E-state index in [9.17, 15) is 0 Å². The molecule has 0 saturated carbocycles. The molecule has 46 valence electrons. The summed E-state index contributed by atoms with van der Waals surface area (Å²) in [5, 5.41) is 11.1. The third-order valence-corrected chi connectivity index (χ3v) is 1.73. The van der Waals surface area contributed by atoms with E-state index in [-0.39, 0.29) is 0 Å². The normalized spacial score (nSPS) is 5.75. The van der Waals surface area contributed by atoms with Gasteiger partial charge in [-0.2, -0.15) is 0 Å². The molecule has 0 bridgehead atoms. The van der Waals surface area contributed by atoms with Crippen molar-refractivity contribution in [3.05, 3.63) is 0 Å². The van der Waals surface area contributed by atoms with Crippen LogP contribution >= 0.6 is 0 Å². The number of carboxylic acid groups (broad SMARTS) is 1. The second-order valence-corrected chi connectivity index (χ2v) is 3.41. The van der Waals surface area contributed by atoms with E-state index in [1.54, 1.807) is 0 Å². The fourth-order valence-electron chi connectivity index (χ4n) is 0.289. The topological polar surface area (TPSA) is 40.1 Å². The Balaban J connectivity index is 0. The summed E-state index contributed by atoms with van der Waals surface area (Å²) >= 11 is 0.815. The van der Waals surface area contributed by atoms with E-state index in [4.69, 9.17) is 9.90 Å². The van der Waals surface area contributed by atoms with Crippen LogP contribution in [0.4, 0.5) is 0 Å². The molecule has 0 radical (unpaired) electrons. The minimum Gasteiger partial charge on any atom is -0.554 e. The first kappa shape index (κ1) is 10.9. The van der Waals surface area contributed by atoms with Gasteiger partial charge < -0.3 is 9.90 Å². The van der Waals surface area contributed by atoms with E-state index < -0.39 is 6.47 Å². The molecule has 0 aromatic rings. The molecule has 0 fully saturated rings. The van der Waals surface area contributed by atoms with Crippen molar-refractivity contribution in [2.24, 2.45) is 0 Å². The summed E-state index contributed by atoms with van der Waals surface area (Å²) in [7, 11) is 0. The second kappa shape index (κ2) is 15.7. The third-order valence-electron chi connectivity index (χ3n) is 0.577. The molecule has 0 aliphatic heterocycles. The molecule has 2 nitrogen and oxygen atoms in total. The first-order chi connectivity index (χ1) is 3.83. The predicted molar refractivity (Wildman–Crippen MR) is 32.8 cm³/mol. The van der Waals surface area contributed by atoms with Gasteiger partial charge in [-0.15, -0.1) is 0 Å². The van der Waals surface area contributed by atoms with Gasteiger partial charge in [0.05, 0.1) is 0 Å². The average molecular weight is 130 g/mol. The first-order valence-corrected chi connectivity index (χ1v) is 4.34.